The number of hydrogen-bond acceptors (Lipinski definition) is 5. The van der Waals surface area contributed by atoms with Crippen LogP contribution in [0.5, 0.6) is 5.75 Å². The number of aryl methyl sites for hydroxylation is 2. The van der Waals surface area contributed by atoms with Crippen LogP contribution in [-0.2, 0) is 26.2 Å². The van der Waals surface area contributed by atoms with Gasteiger partial charge in [0.05, 0.1) is 17.7 Å². The van der Waals surface area contributed by atoms with Crippen LogP contribution in [0.4, 0.5) is 5.69 Å². The number of carbonyl (C=O) groups is 2. The number of halogens is 1. The Balaban J connectivity index is 2.06. The molecule has 3 rings (SSSR count). The first kappa shape index (κ1) is 32.0. The number of carbonyl (C=O) groups excluding carboxylic acids is 2. The molecule has 0 heterocycles. The smallest absolute Gasteiger partial charge is 0.264 e. The molecule has 0 aliphatic heterocycles. The largest absolute Gasteiger partial charge is 0.497 e. The molecule has 0 fully saturated rings. The summed E-state index contributed by atoms with van der Waals surface area (Å²) >= 11 is 6.38. The second kappa shape index (κ2) is 13.0. The van der Waals surface area contributed by atoms with Crippen molar-refractivity contribution in [1.82, 2.24) is 10.2 Å². The second-order valence-electron chi connectivity index (χ2n) is 11.0. The van der Waals surface area contributed by atoms with E-state index in [4.69, 9.17) is 16.3 Å². The van der Waals surface area contributed by atoms with Gasteiger partial charge in [-0.15, -0.1) is 0 Å². The molecule has 1 atom stereocenters. The van der Waals surface area contributed by atoms with Gasteiger partial charge in [0.1, 0.15) is 18.3 Å². The Morgan fingerprint density at radius 1 is 0.976 bits per heavy atom. The van der Waals surface area contributed by atoms with E-state index in [9.17, 15) is 18.0 Å². The van der Waals surface area contributed by atoms with Crippen LogP contribution in [0.1, 0.15) is 44.4 Å². The van der Waals surface area contributed by atoms with Gasteiger partial charge in [0.15, 0.2) is 0 Å². The Labute approximate surface area is 248 Å². The monoisotopic (exact) mass is 599 g/mol. The van der Waals surface area contributed by atoms with Crippen LogP contribution >= 0.6 is 11.6 Å². The van der Waals surface area contributed by atoms with Gasteiger partial charge in [-0.3, -0.25) is 13.9 Å². The van der Waals surface area contributed by atoms with E-state index < -0.39 is 34.1 Å². The van der Waals surface area contributed by atoms with Crippen LogP contribution in [0.15, 0.2) is 71.6 Å². The molecule has 0 bridgehead atoms. The molecule has 2 amide bonds. The van der Waals surface area contributed by atoms with E-state index >= 15 is 0 Å². The highest BCUT2D eigenvalue weighted by Gasteiger charge is 2.33. The summed E-state index contributed by atoms with van der Waals surface area (Å²) in [6, 6.07) is 17.5. The van der Waals surface area contributed by atoms with Crippen LogP contribution in [0.25, 0.3) is 0 Å². The predicted octanol–water partition coefficient (Wildman–Crippen LogP) is 5.49. The zero-order valence-electron chi connectivity index (χ0n) is 24.6. The third-order valence-corrected chi connectivity index (χ3v) is 8.70. The van der Waals surface area contributed by atoms with E-state index in [-0.39, 0.29) is 23.0 Å². The molecule has 0 saturated carbocycles. The average molecular weight is 600 g/mol. The molecule has 0 saturated heterocycles. The number of rotatable bonds is 10. The molecular formula is C31H38ClN3O5S. The summed E-state index contributed by atoms with van der Waals surface area (Å²) in [5, 5.41) is 3.28. The minimum absolute atomic E-state index is 0.0350. The van der Waals surface area contributed by atoms with Gasteiger partial charge in [-0.1, -0.05) is 47.5 Å². The van der Waals surface area contributed by atoms with Crippen molar-refractivity contribution in [2.75, 3.05) is 18.0 Å². The van der Waals surface area contributed by atoms with Crippen molar-refractivity contribution < 1.29 is 22.7 Å². The van der Waals surface area contributed by atoms with E-state index in [2.05, 4.69) is 5.32 Å². The molecule has 0 radical (unpaired) electrons. The molecule has 0 unspecified atom stereocenters. The normalized spacial score (nSPS) is 12.4. The minimum atomic E-state index is -4.18. The van der Waals surface area contributed by atoms with Crippen LogP contribution in [-0.4, -0.2) is 50.4 Å². The second-order valence-corrected chi connectivity index (χ2v) is 13.3. The number of benzene rings is 3. The molecule has 0 spiro atoms. The Morgan fingerprint density at radius 2 is 1.59 bits per heavy atom. The Bertz CT molecular complexity index is 1480. The molecule has 0 aliphatic carbocycles. The summed E-state index contributed by atoms with van der Waals surface area (Å²) in [4.78, 5) is 28.7. The van der Waals surface area contributed by atoms with Crippen molar-refractivity contribution in [2.24, 2.45) is 0 Å². The summed E-state index contributed by atoms with van der Waals surface area (Å²) < 4.78 is 34.2. The van der Waals surface area contributed by atoms with E-state index in [1.807, 2.05) is 34.6 Å². The lowest BCUT2D eigenvalue weighted by molar-refractivity contribution is -0.140. The first-order chi connectivity index (χ1) is 19.1. The van der Waals surface area contributed by atoms with Gasteiger partial charge < -0.3 is 15.0 Å². The molecule has 8 nitrogen and oxygen atoms in total. The highest BCUT2D eigenvalue weighted by atomic mass is 35.5. The Morgan fingerprint density at radius 3 is 2.12 bits per heavy atom. The fourth-order valence-corrected chi connectivity index (χ4v) is 5.67. The van der Waals surface area contributed by atoms with E-state index in [0.29, 0.717) is 10.8 Å². The Hall–Kier alpha value is -3.56. The van der Waals surface area contributed by atoms with Crippen LogP contribution in [0.2, 0.25) is 5.02 Å². The molecule has 220 valence electrons. The summed E-state index contributed by atoms with van der Waals surface area (Å²) in [6.07, 6.45) is 0. The fourth-order valence-electron chi connectivity index (χ4n) is 4.09. The summed E-state index contributed by atoms with van der Waals surface area (Å²) in [5.74, 6) is -0.257. The number of methoxy groups -OCH3 is 1. The van der Waals surface area contributed by atoms with Gasteiger partial charge in [-0.05, 0) is 89.1 Å². The molecule has 3 aromatic carbocycles. The predicted molar refractivity (Wildman–Crippen MR) is 163 cm³/mol. The molecule has 0 aromatic heterocycles. The topological polar surface area (TPSA) is 96.0 Å². The standard InChI is InChI=1S/C31H38ClN3O5S/c1-21-8-16-27(17-9-21)41(38,39)35(25-13-10-22(2)28(32)18-25)20-29(36)34(23(3)30(37)33-31(4,5)6)19-24-11-14-26(40-7)15-12-24/h8-18,23H,19-20H2,1-7H3,(H,33,37)/t23-/m1/s1. The number of anilines is 1. The highest BCUT2D eigenvalue weighted by Crippen LogP contribution is 2.29. The zero-order chi connectivity index (χ0) is 30.5. The average Bonchev–Trinajstić information content (AvgIpc) is 2.91. The third kappa shape index (κ3) is 8.24. The van der Waals surface area contributed by atoms with Crippen molar-refractivity contribution >= 4 is 39.1 Å². The molecule has 3 aromatic rings. The van der Waals surface area contributed by atoms with Crippen molar-refractivity contribution in [3.8, 4) is 5.75 Å². The lowest BCUT2D eigenvalue weighted by Gasteiger charge is -2.33. The van der Waals surface area contributed by atoms with Crippen molar-refractivity contribution in [1.29, 1.82) is 0 Å². The number of nitrogens with zero attached hydrogens (tertiary/aromatic N) is 2. The first-order valence-corrected chi connectivity index (χ1v) is 15.0. The summed E-state index contributed by atoms with van der Waals surface area (Å²) in [6.45, 7) is 10.4. The van der Waals surface area contributed by atoms with E-state index in [1.54, 1.807) is 62.6 Å². The zero-order valence-corrected chi connectivity index (χ0v) is 26.1. The van der Waals surface area contributed by atoms with Crippen molar-refractivity contribution in [3.63, 3.8) is 0 Å². The van der Waals surface area contributed by atoms with Gasteiger partial charge in [0.2, 0.25) is 11.8 Å². The molecule has 0 aliphatic rings. The molecule has 10 heteroatoms. The van der Waals surface area contributed by atoms with Gasteiger partial charge in [-0.2, -0.15) is 0 Å². The lowest BCUT2D eigenvalue weighted by Crippen LogP contribution is -2.54. The number of hydrogen-bond donors (Lipinski definition) is 1. The molecule has 41 heavy (non-hydrogen) atoms. The fraction of sp³-hybridized carbons (Fsp3) is 0.355. The van der Waals surface area contributed by atoms with Crippen molar-refractivity contribution in [3.05, 3.63) is 88.4 Å². The highest BCUT2D eigenvalue weighted by molar-refractivity contribution is 7.92. The SMILES string of the molecule is COc1ccc(CN(C(=O)CN(c2ccc(C)c(Cl)c2)S(=O)(=O)c2ccc(C)cc2)[C@H](C)C(=O)NC(C)(C)C)cc1. The third-order valence-electron chi connectivity index (χ3n) is 6.51. The van der Waals surface area contributed by atoms with Gasteiger partial charge in [0.25, 0.3) is 10.0 Å². The lowest BCUT2D eigenvalue weighted by atomic mass is 10.1. The maximum Gasteiger partial charge on any atom is 0.264 e. The molecule has 1 N–H and O–H groups in total. The molecular weight excluding hydrogens is 562 g/mol. The van der Waals surface area contributed by atoms with E-state index in [0.717, 1.165) is 21.0 Å². The number of nitrogens with one attached hydrogen (secondary N) is 1. The summed E-state index contributed by atoms with van der Waals surface area (Å²) in [7, 11) is -2.62. The van der Waals surface area contributed by atoms with Crippen molar-refractivity contribution in [2.45, 2.75) is 64.6 Å². The quantitative estimate of drug-likeness (QED) is 0.332. The number of sulfonamides is 1. The van der Waals surface area contributed by atoms with Crippen LogP contribution in [0, 0.1) is 13.8 Å². The van der Waals surface area contributed by atoms with E-state index in [1.165, 1.54) is 23.1 Å². The van der Waals surface area contributed by atoms with Gasteiger partial charge >= 0.3 is 0 Å². The van der Waals surface area contributed by atoms with Gasteiger partial charge in [-0.25, -0.2) is 8.42 Å². The first-order valence-electron chi connectivity index (χ1n) is 13.2. The Kier molecular flexibility index (Phi) is 10.1. The maximum absolute atomic E-state index is 14.0. The van der Waals surface area contributed by atoms with Crippen LogP contribution in [0.3, 0.4) is 0 Å². The van der Waals surface area contributed by atoms with Crippen LogP contribution < -0.4 is 14.4 Å². The summed E-state index contributed by atoms with van der Waals surface area (Å²) in [5.41, 5.74) is 2.13. The van der Waals surface area contributed by atoms with Gasteiger partial charge in [0, 0.05) is 17.1 Å². The maximum atomic E-state index is 14.0. The number of amides is 2. The number of ether oxygens (including phenoxy) is 1. The minimum Gasteiger partial charge on any atom is -0.497 e.